The molecule has 2 atom stereocenters. The lowest BCUT2D eigenvalue weighted by atomic mass is 9.97. The Labute approximate surface area is 306 Å². The van der Waals surface area contributed by atoms with Crippen molar-refractivity contribution in [1.82, 2.24) is 20.2 Å². The largest absolute Gasteiger partial charge is 0.461 e. The van der Waals surface area contributed by atoms with Crippen LogP contribution in [-0.2, 0) is 27.2 Å². The molecule has 50 heavy (non-hydrogen) atoms. The topological polar surface area (TPSA) is 100 Å². The van der Waals surface area contributed by atoms with Crippen molar-refractivity contribution in [2.75, 3.05) is 44.0 Å². The van der Waals surface area contributed by atoms with E-state index in [4.69, 9.17) is 42.6 Å². The molecule has 1 aromatic heterocycles. The first-order chi connectivity index (χ1) is 23.8. The minimum absolute atomic E-state index is 0.0622. The van der Waals surface area contributed by atoms with E-state index in [2.05, 4.69) is 17.4 Å². The Morgan fingerprint density at radius 1 is 1.00 bits per heavy atom. The summed E-state index contributed by atoms with van der Waals surface area (Å²) < 4.78 is 11.5. The molecule has 0 bridgehead atoms. The number of ether oxygens (including phenoxy) is 2. The number of benzene rings is 2. The zero-order valence-electron chi connectivity index (χ0n) is 30.0. The molecular weight excluding hydrogens is 675 g/mol. The Morgan fingerprint density at radius 3 is 2.38 bits per heavy atom. The molecule has 5 rings (SSSR count). The number of amides is 1. The molecule has 10 nitrogen and oxygen atoms in total. The van der Waals surface area contributed by atoms with E-state index in [1.807, 2.05) is 82.0 Å². The normalized spacial score (nSPS) is 18.2. The first kappa shape index (κ1) is 37.7. The number of rotatable bonds is 11. The van der Waals surface area contributed by atoms with Crippen LogP contribution < -0.4 is 15.1 Å². The molecule has 0 radical (unpaired) electrons. The Kier molecular flexibility index (Phi) is 12.5. The zero-order chi connectivity index (χ0) is 36.0. The third-order valence-electron chi connectivity index (χ3n) is 9.13. The van der Waals surface area contributed by atoms with Crippen LogP contribution in [0.15, 0.2) is 48.7 Å². The van der Waals surface area contributed by atoms with Gasteiger partial charge in [-0.15, -0.1) is 0 Å². The summed E-state index contributed by atoms with van der Waals surface area (Å²) in [4.78, 5) is 41.8. The Balaban J connectivity index is 1.24. The van der Waals surface area contributed by atoms with Gasteiger partial charge in [0.15, 0.2) is 11.6 Å². The van der Waals surface area contributed by atoms with Gasteiger partial charge in [-0.1, -0.05) is 47.5 Å². The molecule has 1 aliphatic carbocycles. The number of esters is 1. The number of nitrogens with one attached hydrogen (secondary N) is 1. The molecule has 270 valence electrons. The summed E-state index contributed by atoms with van der Waals surface area (Å²) in [5, 5.41) is 4.86. The van der Waals surface area contributed by atoms with E-state index in [1.54, 1.807) is 11.1 Å². The Bertz CT molecular complexity index is 1620. The van der Waals surface area contributed by atoms with Crippen molar-refractivity contribution >= 4 is 46.9 Å². The van der Waals surface area contributed by atoms with Gasteiger partial charge in [-0.2, -0.15) is 0 Å². The highest BCUT2D eigenvalue weighted by Crippen LogP contribution is 2.32. The number of aromatic nitrogens is 2. The summed E-state index contributed by atoms with van der Waals surface area (Å²) >= 11 is 13.0. The summed E-state index contributed by atoms with van der Waals surface area (Å²) in [5.74, 6) is 1.13. The predicted octanol–water partition coefficient (Wildman–Crippen LogP) is 7.54. The van der Waals surface area contributed by atoms with E-state index in [0.29, 0.717) is 41.9 Å². The molecule has 1 N–H and O–H groups in total. The third-order valence-corrected chi connectivity index (χ3v) is 9.84. The molecule has 0 spiro atoms. The third kappa shape index (κ3) is 9.80. The molecule has 12 heteroatoms. The van der Waals surface area contributed by atoms with Crippen LogP contribution in [0.25, 0.3) is 11.3 Å². The van der Waals surface area contributed by atoms with E-state index >= 15 is 0 Å². The molecule has 3 aromatic rings. The van der Waals surface area contributed by atoms with Crippen LogP contribution in [0, 0.1) is 0 Å². The van der Waals surface area contributed by atoms with Crippen LogP contribution in [-0.4, -0.2) is 85.0 Å². The van der Waals surface area contributed by atoms with Gasteiger partial charge in [-0.25, -0.2) is 19.6 Å². The fourth-order valence-corrected chi connectivity index (χ4v) is 7.07. The van der Waals surface area contributed by atoms with Crippen molar-refractivity contribution in [3.63, 3.8) is 0 Å². The highest BCUT2D eigenvalue weighted by Gasteiger charge is 2.40. The summed E-state index contributed by atoms with van der Waals surface area (Å²) in [6, 6.07) is 13.2. The highest BCUT2D eigenvalue weighted by molar-refractivity contribution is 6.36. The molecular formula is C38H50Cl2N6O4. The Hall–Kier alpha value is -3.60. The average Bonchev–Trinajstić information content (AvgIpc) is 3.58. The van der Waals surface area contributed by atoms with Crippen molar-refractivity contribution in [2.24, 2.45) is 0 Å². The van der Waals surface area contributed by atoms with E-state index < -0.39 is 17.7 Å². The van der Waals surface area contributed by atoms with Crippen LogP contribution in [0.2, 0.25) is 10.0 Å². The molecule has 2 fully saturated rings. The van der Waals surface area contributed by atoms with Gasteiger partial charge in [-0.05, 0) is 96.0 Å². The van der Waals surface area contributed by atoms with E-state index in [-0.39, 0.29) is 18.1 Å². The maximum Gasteiger partial charge on any atom is 0.411 e. The number of anilines is 2. The van der Waals surface area contributed by atoms with Gasteiger partial charge < -0.3 is 24.6 Å². The Morgan fingerprint density at radius 2 is 1.70 bits per heavy atom. The fraction of sp³-hybridized carbons (Fsp3) is 0.526. The maximum absolute atomic E-state index is 13.4. The standard InChI is InChI=1S/C38H50Cl2N6O4/c1-38(2,3)50-37(48)46-20-18-27(22-33(46)36(47)49-28-13-7-8-14-28)41-19-17-25-11-9-12-26(21-25)32-23-42-34(44(4)5)35(43-32)45(6)24-29-30(39)15-10-16-31(29)40/h9-12,15-16,21,23,27-28,33,41H,7-8,13-14,17-20,22,24H2,1-6H3/t27?,33-/m1/s1. The van der Waals surface area contributed by atoms with E-state index in [0.717, 1.165) is 66.7 Å². The number of piperidine rings is 1. The number of carbonyl (C=O) groups excluding carboxylic acids is 2. The summed E-state index contributed by atoms with van der Waals surface area (Å²) in [6.45, 7) is 7.11. The molecule has 2 aliphatic rings. The minimum Gasteiger partial charge on any atom is -0.461 e. The van der Waals surface area contributed by atoms with Gasteiger partial charge in [0.1, 0.15) is 17.7 Å². The van der Waals surface area contributed by atoms with Crippen LogP contribution >= 0.6 is 23.2 Å². The monoisotopic (exact) mass is 724 g/mol. The van der Waals surface area contributed by atoms with Gasteiger partial charge in [0, 0.05) is 61.4 Å². The summed E-state index contributed by atoms with van der Waals surface area (Å²) in [5.41, 5.74) is 3.05. The van der Waals surface area contributed by atoms with Gasteiger partial charge in [-0.3, -0.25) is 4.90 Å². The minimum atomic E-state index is -0.676. The summed E-state index contributed by atoms with van der Waals surface area (Å²) in [7, 11) is 5.85. The van der Waals surface area contributed by atoms with Crippen molar-refractivity contribution in [3.8, 4) is 11.3 Å². The molecule has 2 heterocycles. The van der Waals surface area contributed by atoms with Gasteiger partial charge in [0.25, 0.3) is 0 Å². The molecule has 1 amide bonds. The summed E-state index contributed by atoms with van der Waals surface area (Å²) in [6.07, 6.45) is 7.13. The van der Waals surface area contributed by atoms with Crippen LogP contribution in [0.1, 0.15) is 70.4 Å². The second-order valence-corrected chi connectivity index (χ2v) is 15.3. The van der Waals surface area contributed by atoms with Crippen LogP contribution in [0.5, 0.6) is 0 Å². The van der Waals surface area contributed by atoms with Gasteiger partial charge >= 0.3 is 12.1 Å². The first-order valence-electron chi connectivity index (χ1n) is 17.5. The second kappa shape index (κ2) is 16.6. The molecule has 1 saturated carbocycles. The highest BCUT2D eigenvalue weighted by atomic mass is 35.5. The number of nitrogens with zero attached hydrogens (tertiary/aromatic N) is 5. The average molecular weight is 726 g/mol. The lowest BCUT2D eigenvalue weighted by Gasteiger charge is -2.39. The first-order valence-corrected chi connectivity index (χ1v) is 18.3. The lowest BCUT2D eigenvalue weighted by Crippen LogP contribution is -2.56. The number of likely N-dealkylation sites (tertiary alicyclic amines) is 1. The smallest absolute Gasteiger partial charge is 0.411 e. The van der Waals surface area contributed by atoms with Crippen molar-refractivity contribution < 1.29 is 19.1 Å². The molecule has 1 saturated heterocycles. The van der Waals surface area contributed by atoms with Crippen LogP contribution in [0.4, 0.5) is 16.4 Å². The van der Waals surface area contributed by atoms with E-state index in [1.165, 1.54) is 0 Å². The SMILES string of the molecule is CN(C)c1ncc(-c2cccc(CCNC3CCN(C(=O)OC(C)(C)C)[C@@H](C(=O)OC4CCCC4)C3)c2)nc1N(C)Cc1c(Cl)cccc1Cl. The predicted molar refractivity (Wildman–Crippen MR) is 200 cm³/mol. The number of hydrogen-bond acceptors (Lipinski definition) is 9. The van der Waals surface area contributed by atoms with Crippen molar-refractivity contribution in [1.29, 1.82) is 0 Å². The number of carbonyl (C=O) groups is 2. The van der Waals surface area contributed by atoms with E-state index in [9.17, 15) is 9.59 Å². The molecule has 1 unspecified atom stereocenters. The van der Waals surface area contributed by atoms with Crippen molar-refractivity contribution in [2.45, 2.75) is 96.1 Å². The quantitative estimate of drug-likeness (QED) is 0.201. The van der Waals surface area contributed by atoms with Crippen LogP contribution in [0.3, 0.4) is 0 Å². The van der Waals surface area contributed by atoms with Crippen molar-refractivity contribution in [3.05, 3.63) is 69.8 Å². The van der Waals surface area contributed by atoms with Gasteiger partial charge in [0.05, 0.1) is 11.9 Å². The fourth-order valence-electron chi connectivity index (χ4n) is 6.55. The number of hydrogen-bond donors (Lipinski definition) is 1. The molecule has 2 aromatic carbocycles. The lowest BCUT2D eigenvalue weighted by molar-refractivity contribution is -0.156. The molecule has 1 aliphatic heterocycles. The second-order valence-electron chi connectivity index (χ2n) is 14.5. The maximum atomic E-state index is 13.4. The number of halogens is 2. The zero-order valence-corrected chi connectivity index (χ0v) is 31.6. The van der Waals surface area contributed by atoms with Gasteiger partial charge in [0.2, 0.25) is 0 Å².